The van der Waals surface area contributed by atoms with Gasteiger partial charge >= 0.3 is 0 Å². The van der Waals surface area contributed by atoms with E-state index in [0.717, 1.165) is 28.8 Å². The van der Waals surface area contributed by atoms with Crippen LogP contribution in [0.5, 0.6) is 0 Å². The molecular formula is C18H24BrN3O2S. The fourth-order valence-corrected chi connectivity index (χ4v) is 3.34. The summed E-state index contributed by atoms with van der Waals surface area (Å²) in [5.41, 5.74) is 2.78. The van der Waals surface area contributed by atoms with E-state index in [2.05, 4.69) is 38.2 Å². The SMILES string of the molecule is CCS(=O)(=O)Nc1ccc([C@H](C)NCCNc2cccc(Br)c2)cc1. The second-order valence-electron chi connectivity index (χ2n) is 5.74. The van der Waals surface area contributed by atoms with E-state index in [1.54, 1.807) is 19.1 Å². The Bertz CT molecular complexity index is 779. The van der Waals surface area contributed by atoms with Crippen molar-refractivity contribution < 1.29 is 8.42 Å². The minimum Gasteiger partial charge on any atom is -0.384 e. The lowest BCUT2D eigenvalue weighted by molar-refractivity contribution is 0.588. The van der Waals surface area contributed by atoms with Gasteiger partial charge in [0.25, 0.3) is 0 Å². The molecule has 0 saturated heterocycles. The molecule has 0 heterocycles. The molecule has 5 nitrogen and oxygen atoms in total. The van der Waals surface area contributed by atoms with E-state index < -0.39 is 10.0 Å². The van der Waals surface area contributed by atoms with E-state index in [9.17, 15) is 8.42 Å². The molecular weight excluding hydrogens is 402 g/mol. The highest BCUT2D eigenvalue weighted by atomic mass is 79.9. The molecule has 0 aliphatic carbocycles. The van der Waals surface area contributed by atoms with Gasteiger partial charge < -0.3 is 10.6 Å². The summed E-state index contributed by atoms with van der Waals surface area (Å²) in [6.45, 7) is 5.34. The van der Waals surface area contributed by atoms with Gasteiger partial charge in [-0.05, 0) is 49.7 Å². The van der Waals surface area contributed by atoms with Gasteiger partial charge in [0.2, 0.25) is 10.0 Å². The lowest BCUT2D eigenvalue weighted by Crippen LogP contribution is -2.25. The van der Waals surface area contributed by atoms with Crippen LogP contribution >= 0.6 is 15.9 Å². The maximum atomic E-state index is 11.6. The summed E-state index contributed by atoms with van der Waals surface area (Å²) in [6.07, 6.45) is 0. The van der Waals surface area contributed by atoms with Crippen molar-refractivity contribution in [1.29, 1.82) is 0 Å². The van der Waals surface area contributed by atoms with Gasteiger partial charge in [0.05, 0.1) is 5.75 Å². The van der Waals surface area contributed by atoms with Crippen molar-refractivity contribution in [2.75, 3.05) is 28.9 Å². The van der Waals surface area contributed by atoms with Crippen molar-refractivity contribution in [3.8, 4) is 0 Å². The molecule has 2 aromatic carbocycles. The van der Waals surface area contributed by atoms with Gasteiger partial charge in [-0.3, -0.25) is 4.72 Å². The first-order chi connectivity index (χ1) is 11.9. The van der Waals surface area contributed by atoms with Crippen molar-refractivity contribution in [3.63, 3.8) is 0 Å². The quantitative estimate of drug-likeness (QED) is 0.531. The van der Waals surface area contributed by atoms with Gasteiger partial charge in [0, 0.05) is 35.0 Å². The van der Waals surface area contributed by atoms with Crippen LogP contribution in [0.15, 0.2) is 53.0 Å². The second kappa shape index (κ2) is 9.22. The smallest absolute Gasteiger partial charge is 0.232 e. The molecule has 2 aromatic rings. The minimum absolute atomic E-state index is 0.0672. The zero-order chi connectivity index (χ0) is 18.3. The van der Waals surface area contributed by atoms with Crippen molar-refractivity contribution in [1.82, 2.24) is 5.32 Å². The van der Waals surface area contributed by atoms with E-state index in [4.69, 9.17) is 0 Å². The number of benzene rings is 2. The highest BCUT2D eigenvalue weighted by Crippen LogP contribution is 2.17. The first-order valence-corrected chi connectivity index (χ1v) is 10.7. The van der Waals surface area contributed by atoms with Gasteiger partial charge in [0.15, 0.2) is 0 Å². The number of hydrogen-bond acceptors (Lipinski definition) is 4. The largest absolute Gasteiger partial charge is 0.384 e. The molecule has 0 spiro atoms. The van der Waals surface area contributed by atoms with Crippen molar-refractivity contribution in [2.24, 2.45) is 0 Å². The van der Waals surface area contributed by atoms with Crippen LogP contribution in [-0.2, 0) is 10.0 Å². The van der Waals surface area contributed by atoms with Crippen LogP contribution in [-0.4, -0.2) is 27.3 Å². The molecule has 0 radical (unpaired) electrons. The van der Waals surface area contributed by atoms with E-state index in [-0.39, 0.29) is 11.8 Å². The summed E-state index contributed by atoms with van der Waals surface area (Å²) < 4.78 is 26.7. The lowest BCUT2D eigenvalue weighted by atomic mass is 10.1. The molecule has 3 N–H and O–H groups in total. The van der Waals surface area contributed by atoms with Gasteiger partial charge in [-0.15, -0.1) is 0 Å². The predicted molar refractivity (Wildman–Crippen MR) is 109 cm³/mol. The summed E-state index contributed by atoms with van der Waals surface area (Å²) in [5, 5.41) is 6.81. The monoisotopic (exact) mass is 425 g/mol. The molecule has 0 saturated carbocycles. The van der Waals surface area contributed by atoms with Crippen LogP contribution in [0.25, 0.3) is 0 Å². The third-order valence-electron chi connectivity index (χ3n) is 3.79. The topological polar surface area (TPSA) is 70.2 Å². The fraction of sp³-hybridized carbons (Fsp3) is 0.333. The van der Waals surface area contributed by atoms with Gasteiger partial charge in [-0.2, -0.15) is 0 Å². The maximum Gasteiger partial charge on any atom is 0.232 e. The van der Waals surface area contributed by atoms with Crippen molar-refractivity contribution >= 4 is 37.3 Å². The third-order valence-corrected chi connectivity index (χ3v) is 5.59. The molecule has 2 rings (SSSR count). The van der Waals surface area contributed by atoms with Crippen LogP contribution in [0, 0.1) is 0 Å². The van der Waals surface area contributed by atoms with Gasteiger partial charge in [-0.1, -0.05) is 34.1 Å². The lowest BCUT2D eigenvalue weighted by Gasteiger charge is -2.16. The van der Waals surface area contributed by atoms with Crippen LogP contribution in [0.1, 0.15) is 25.5 Å². The van der Waals surface area contributed by atoms with Crippen LogP contribution in [0.3, 0.4) is 0 Å². The highest BCUT2D eigenvalue weighted by molar-refractivity contribution is 9.10. The summed E-state index contributed by atoms with van der Waals surface area (Å²) in [4.78, 5) is 0. The fourth-order valence-electron chi connectivity index (χ4n) is 2.30. The Morgan fingerprint density at radius 3 is 2.40 bits per heavy atom. The van der Waals surface area contributed by atoms with Crippen LogP contribution in [0.4, 0.5) is 11.4 Å². The van der Waals surface area contributed by atoms with Gasteiger partial charge in [0.1, 0.15) is 0 Å². The second-order valence-corrected chi connectivity index (χ2v) is 8.67. The Balaban J connectivity index is 1.79. The summed E-state index contributed by atoms with van der Waals surface area (Å²) in [6, 6.07) is 15.7. The van der Waals surface area contributed by atoms with Crippen LogP contribution < -0.4 is 15.4 Å². The molecule has 0 bridgehead atoms. The molecule has 0 aliphatic rings. The Hall–Kier alpha value is -1.57. The van der Waals surface area contributed by atoms with E-state index in [1.807, 2.05) is 36.4 Å². The normalized spacial score (nSPS) is 12.6. The molecule has 0 fully saturated rings. The Morgan fingerprint density at radius 2 is 1.76 bits per heavy atom. The molecule has 0 aromatic heterocycles. The molecule has 0 amide bonds. The number of nitrogens with one attached hydrogen (secondary N) is 3. The molecule has 25 heavy (non-hydrogen) atoms. The number of sulfonamides is 1. The third kappa shape index (κ3) is 6.68. The number of anilines is 2. The zero-order valence-corrected chi connectivity index (χ0v) is 16.8. The molecule has 1 atom stereocenters. The first kappa shape index (κ1) is 19.8. The maximum absolute atomic E-state index is 11.6. The Labute approximate surface area is 158 Å². The van der Waals surface area contributed by atoms with E-state index >= 15 is 0 Å². The summed E-state index contributed by atoms with van der Waals surface area (Å²) >= 11 is 3.45. The van der Waals surface area contributed by atoms with Crippen LogP contribution in [0.2, 0.25) is 0 Å². The standard InChI is InChI=1S/C18H24BrN3O2S/c1-3-25(23,24)22-17-9-7-15(8-10-17)14(2)20-11-12-21-18-6-4-5-16(19)13-18/h4-10,13-14,20-22H,3,11-12H2,1-2H3/t14-/m0/s1. The van der Waals surface area contributed by atoms with E-state index in [0.29, 0.717) is 5.69 Å². The zero-order valence-electron chi connectivity index (χ0n) is 14.4. The molecule has 136 valence electrons. The average molecular weight is 426 g/mol. The predicted octanol–water partition coefficient (Wildman–Crippen LogP) is 3.97. The Morgan fingerprint density at radius 1 is 1.04 bits per heavy atom. The number of halogens is 1. The summed E-state index contributed by atoms with van der Waals surface area (Å²) in [7, 11) is -3.23. The minimum atomic E-state index is -3.23. The van der Waals surface area contributed by atoms with Gasteiger partial charge in [-0.25, -0.2) is 8.42 Å². The highest BCUT2D eigenvalue weighted by Gasteiger charge is 2.08. The number of rotatable bonds is 9. The van der Waals surface area contributed by atoms with Crippen molar-refractivity contribution in [3.05, 3.63) is 58.6 Å². The number of hydrogen-bond donors (Lipinski definition) is 3. The molecule has 0 unspecified atom stereocenters. The van der Waals surface area contributed by atoms with E-state index in [1.165, 1.54) is 0 Å². The first-order valence-electron chi connectivity index (χ1n) is 8.23. The Kier molecular flexibility index (Phi) is 7.28. The molecule has 0 aliphatic heterocycles. The molecule has 7 heteroatoms. The average Bonchev–Trinajstić information content (AvgIpc) is 2.59. The van der Waals surface area contributed by atoms with Crippen molar-refractivity contribution in [2.45, 2.75) is 19.9 Å². The summed E-state index contributed by atoms with van der Waals surface area (Å²) in [5.74, 6) is 0.0672.